The summed E-state index contributed by atoms with van der Waals surface area (Å²) in [4.78, 5) is 32.5. The molecule has 228 valence electrons. The van der Waals surface area contributed by atoms with Gasteiger partial charge in [-0.3, -0.25) is 4.68 Å². The molecule has 13 heteroatoms. The van der Waals surface area contributed by atoms with Crippen LogP contribution in [0.15, 0.2) is 42.9 Å². The van der Waals surface area contributed by atoms with Crippen LogP contribution in [0.2, 0.25) is 10.0 Å². The van der Waals surface area contributed by atoms with Crippen LogP contribution in [0.25, 0.3) is 22.0 Å². The number of aliphatic carboxylic acids is 1. The normalized spacial score (nSPS) is 15.4. The minimum absolute atomic E-state index is 0.0944. The molecule has 0 spiro atoms. The number of benzene rings is 2. The van der Waals surface area contributed by atoms with Crippen LogP contribution in [0, 0.1) is 0 Å². The van der Waals surface area contributed by atoms with Crippen LogP contribution in [-0.4, -0.2) is 80.4 Å². The second-order valence-electron chi connectivity index (χ2n) is 11.7. The molecule has 0 bridgehead atoms. The fourth-order valence-electron chi connectivity index (χ4n) is 5.10. The number of amides is 1. The Morgan fingerprint density at radius 2 is 1.88 bits per heavy atom. The number of fused-ring (bicyclic) bond motifs is 2. The smallest absolute Gasteiger partial charge is 0.410 e. The molecule has 2 aromatic carbocycles. The number of ether oxygens (including phenoxy) is 1. The molecule has 10 nitrogen and oxygen atoms in total. The van der Waals surface area contributed by atoms with E-state index in [4.69, 9.17) is 27.9 Å². The number of likely N-dealkylation sites (N-methyl/N-ethyl adjacent to an activating group) is 2. The molecule has 2 atom stereocenters. The van der Waals surface area contributed by atoms with E-state index in [2.05, 4.69) is 10.1 Å². The highest BCUT2D eigenvalue weighted by molar-refractivity contribution is 6.42. The van der Waals surface area contributed by atoms with Crippen molar-refractivity contribution in [3.8, 4) is 11.1 Å². The molecule has 2 unspecified atom stereocenters. The fourth-order valence-corrected chi connectivity index (χ4v) is 5.65. The van der Waals surface area contributed by atoms with Crippen molar-refractivity contribution in [3.63, 3.8) is 0 Å². The van der Waals surface area contributed by atoms with Gasteiger partial charge in [0, 0.05) is 62.1 Å². The predicted octanol–water partition coefficient (Wildman–Crippen LogP) is 6.08. The van der Waals surface area contributed by atoms with Crippen LogP contribution < -0.4 is 4.90 Å². The Morgan fingerprint density at radius 3 is 2.53 bits per heavy atom. The van der Waals surface area contributed by atoms with E-state index >= 15 is 0 Å². The van der Waals surface area contributed by atoms with Crippen LogP contribution in [0.4, 0.5) is 14.9 Å². The number of nitrogens with zero attached hydrogens (tertiary/aromatic N) is 6. The zero-order valence-corrected chi connectivity index (χ0v) is 26.0. The molecule has 0 saturated carbocycles. The Hall–Kier alpha value is -3.83. The molecule has 0 radical (unpaired) electrons. The number of imidazole rings is 1. The first-order valence-electron chi connectivity index (χ1n) is 13.8. The average molecular weight is 632 g/mol. The summed E-state index contributed by atoms with van der Waals surface area (Å²) in [7, 11) is 3.64. The molecule has 1 aliphatic rings. The lowest BCUT2D eigenvalue weighted by Gasteiger charge is -2.27. The van der Waals surface area contributed by atoms with Crippen molar-refractivity contribution in [1.82, 2.24) is 24.2 Å². The first-order chi connectivity index (χ1) is 20.2. The minimum atomic E-state index is -1.27. The fraction of sp³-hybridized carbons (Fsp3) is 0.400. The molecule has 2 aromatic heterocycles. The van der Waals surface area contributed by atoms with Crippen LogP contribution in [0.3, 0.4) is 0 Å². The Kier molecular flexibility index (Phi) is 8.32. The van der Waals surface area contributed by atoms with E-state index in [1.54, 1.807) is 22.6 Å². The number of aromatic nitrogens is 4. The lowest BCUT2D eigenvalue weighted by atomic mass is 10.0. The third-order valence-electron chi connectivity index (χ3n) is 7.35. The number of alkyl halides is 1. The van der Waals surface area contributed by atoms with E-state index in [-0.39, 0.29) is 24.8 Å². The van der Waals surface area contributed by atoms with Gasteiger partial charge in [-0.25, -0.2) is 19.0 Å². The second-order valence-corrected chi connectivity index (χ2v) is 12.5. The maximum atomic E-state index is 14.0. The molecule has 0 aliphatic carbocycles. The number of rotatable bonds is 8. The van der Waals surface area contributed by atoms with Gasteiger partial charge in [-0.1, -0.05) is 35.3 Å². The quantitative estimate of drug-likeness (QED) is 0.251. The Bertz CT molecular complexity index is 1680. The van der Waals surface area contributed by atoms with Crippen LogP contribution in [0.5, 0.6) is 0 Å². The molecule has 43 heavy (non-hydrogen) atoms. The van der Waals surface area contributed by atoms with Crippen LogP contribution >= 0.6 is 23.2 Å². The molecule has 5 rings (SSSR count). The number of carbonyl (C=O) groups excluding carboxylic acids is 1. The van der Waals surface area contributed by atoms with E-state index in [1.165, 1.54) is 17.2 Å². The summed E-state index contributed by atoms with van der Waals surface area (Å²) in [6.07, 6.45) is 1.63. The number of carboxylic acids is 1. The SMILES string of the molecule is CN(CCN(C)c1ccc(-c2cc(Cl)c3cn(C(C(=O)O)c4ncn5c4CC(F)C5)nc3c2Cl)cc1)C(=O)OC(C)(C)C. The van der Waals surface area contributed by atoms with E-state index in [9.17, 15) is 19.1 Å². The third-order valence-corrected chi connectivity index (χ3v) is 8.04. The number of hydrogen-bond acceptors (Lipinski definition) is 6. The summed E-state index contributed by atoms with van der Waals surface area (Å²) in [5, 5.41) is 15.8. The van der Waals surface area contributed by atoms with Gasteiger partial charge >= 0.3 is 12.1 Å². The molecule has 1 aliphatic heterocycles. The number of halogens is 3. The lowest BCUT2D eigenvalue weighted by molar-refractivity contribution is -0.139. The monoisotopic (exact) mass is 630 g/mol. The summed E-state index contributed by atoms with van der Waals surface area (Å²) in [6, 6.07) is 8.15. The van der Waals surface area contributed by atoms with Gasteiger partial charge in [-0.2, -0.15) is 5.10 Å². The van der Waals surface area contributed by atoms with Crippen LogP contribution in [0.1, 0.15) is 38.2 Å². The Labute approximate surface area is 258 Å². The first-order valence-corrected chi connectivity index (χ1v) is 14.5. The van der Waals surface area contributed by atoms with Gasteiger partial charge in [0.2, 0.25) is 0 Å². The van der Waals surface area contributed by atoms with E-state index < -0.39 is 23.8 Å². The van der Waals surface area contributed by atoms with E-state index in [0.717, 1.165) is 11.3 Å². The van der Waals surface area contributed by atoms with Gasteiger partial charge in [0.25, 0.3) is 0 Å². The van der Waals surface area contributed by atoms with Crippen molar-refractivity contribution in [2.75, 3.05) is 32.1 Å². The number of anilines is 1. The second kappa shape index (κ2) is 11.7. The number of hydrogen-bond donors (Lipinski definition) is 1. The molecule has 0 fully saturated rings. The van der Waals surface area contributed by atoms with Gasteiger partial charge < -0.3 is 24.2 Å². The number of carboxylic acid groups (broad SMARTS) is 1. The lowest BCUT2D eigenvalue weighted by Crippen LogP contribution is -2.38. The van der Waals surface area contributed by atoms with Crippen molar-refractivity contribution < 1.29 is 23.8 Å². The Balaban J connectivity index is 1.37. The maximum Gasteiger partial charge on any atom is 0.410 e. The van der Waals surface area contributed by atoms with E-state index in [1.807, 2.05) is 57.0 Å². The van der Waals surface area contributed by atoms with Gasteiger partial charge in [-0.05, 0) is 44.5 Å². The Morgan fingerprint density at radius 1 is 1.19 bits per heavy atom. The molecule has 1 amide bonds. The van der Waals surface area contributed by atoms with E-state index in [0.29, 0.717) is 45.3 Å². The van der Waals surface area contributed by atoms with Crippen molar-refractivity contribution in [1.29, 1.82) is 0 Å². The zero-order chi connectivity index (χ0) is 31.2. The van der Waals surface area contributed by atoms with Crippen molar-refractivity contribution in [3.05, 3.63) is 64.3 Å². The summed E-state index contributed by atoms with van der Waals surface area (Å²) >= 11 is 13.5. The topological polar surface area (TPSA) is 106 Å². The predicted molar refractivity (Wildman–Crippen MR) is 164 cm³/mol. The third kappa shape index (κ3) is 6.28. The van der Waals surface area contributed by atoms with Crippen molar-refractivity contribution >= 4 is 51.9 Å². The van der Waals surface area contributed by atoms with Gasteiger partial charge in [0.15, 0.2) is 6.04 Å². The minimum Gasteiger partial charge on any atom is -0.479 e. The maximum absolute atomic E-state index is 14.0. The summed E-state index contributed by atoms with van der Waals surface area (Å²) < 4.78 is 22.3. The standard InChI is InChI=1S/C30H33Cl2FN6O4/c1-30(2,3)43-29(42)37(5)11-10-36(4)19-8-6-17(7-9-19)20-13-22(31)21-15-39(35-25(21)24(20)32)27(28(40)41)26-23-12-18(33)14-38(23)16-34-26/h6-9,13,15-16,18,27H,10-12,14H2,1-5H3,(H,40,41). The summed E-state index contributed by atoms with van der Waals surface area (Å²) in [6.45, 7) is 6.70. The van der Waals surface area contributed by atoms with Gasteiger partial charge in [0.1, 0.15) is 17.3 Å². The van der Waals surface area contributed by atoms with Gasteiger partial charge in [-0.15, -0.1) is 0 Å². The average Bonchev–Trinajstić information content (AvgIpc) is 3.64. The molecule has 3 heterocycles. The highest BCUT2D eigenvalue weighted by atomic mass is 35.5. The number of carbonyl (C=O) groups is 2. The van der Waals surface area contributed by atoms with Crippen LogP contribution in [-0.2, 0) is 22.5 Å². The molecule has 4 aromatic rings. The first kappa shape index (κ1) is 30.6. The van der Waals surface area contributed by atoms with Gasteiger partial charge in [0.05, 0.1) is 28.6 Å². The highest BCUT2D eigenvalue weighted by Gasteiger charge is 2.34. The molecular formula is C30H33Cl2FN6O4. The van der Waals surface area contributed by atoms with Crippen molar-refractivity contribution in [2.24, 2.45) is 0 Å². The highest BCUT2D eigenvalue weighted by Crippen LogP contribution is 2.39. The summed E-state index contributed by atoms with van der Waals surface area (Å²) in [5.74, 6) is -1.18. The summed E-state index contributed by atoms with van der Waals surface area (Å²) in [5.41, 5.74) is 2.93. The van der Waals surface area contributed by atoms with Crippen molar-refractivity contribution in [2.45, 2.75) is 51.6 Å². The zero-order valence-electron chi connectivity index (χ0n) is 24.5. The molecular weight excluding hydrogens is 598 g/mol. The molecule has 0 saturated heterocycles. The molecule has 1 N–H and O–H groups in total. The largest absolute Gasteiger partial charge is 0.479 e.